The number of benzene rings is 2. The molecular formula is C23H32N2O3S. The van der Waals surface area contributed by atoms with E-state index >= 15 is 0 Å². The minimum Gasteiger partial charge on any atom is -0.383 e. The number of rotatable bonds is 9. The quantitative estimate of drug-likeness (QED) is 0.626. The van der Waals surface area contributed by atoms with Crippen LogP contribution in [0.15, 0.2) is 53.4 Å². The van der Waals surface area contributed by atoms with Crippen LogP contribution in [0.2, 0.25) is 0 Å². The summed E-state index contributed by atoms with van der Waals surface area (Å²) in [6.45, 7) is 5.35. The Labute approximate surface area is 175 Å². The number of likely N-dealkylation sites (tertiary alicyclic amines) is 1. The second-order valence-corrected chi connectivity index (χ2v) is 9.86. The molecule has 0 aromatic heterocycles. The Balaban J connectivity index is 1.63. The van der Waals surface area contributed by atoms with Crippen molar-refractivity contribution in [1.82, 2.24) is 9.21 Å². The van der Waals surface area contributed by atoms with E-state index in [-0.39, 0.29) is 0 Å². The predicted octanol–water partition coefficient (Wildman–Crippen LogP) is 3.65. The van der Waals surface area contributed by atoms with Crippen molar-refractivity contribution in [2.45, 2.75) is 37.1 Å². The maximum absolute atomic E-state index is 12.6. The first kappa shape index (κ1) is 22.0. The Morgan fingerprint density at radius 3 is 2.24 bits per heavy atom. The van der Waals surface area contributed by atoms with Crippen LogP contribution in [0.5, 0.6) is 0 Å². The summed E-state index contributed by atoms with van der Waals surface area (Å²) in [5.74, 6) is 0. The molecule has 158 valence electrons. The summed E-state index contributed by atoms with van der Waals surface area (Å²) in [6, 6.07) is 16.4. The van der Waals surface area contributed by atoms with Gasteiger partial charge in [0.25, 0.3) is 0 Å². The van der Waals surface area contributed by atoms with Gasteiger partial charge in [-0.05, 0) is 61.6 Å². The minimum atomic E-state index is -3.49. The summed E-state index contributed by atoms with van der Waals surface area (Å²) in [4.78, 5) is 2.87. The molecule has 1 heterocycles. The average molecular weight is 417 g/mol. The van der Waals surface area contributed by atoms with Gasteiger partial charge in [-0.3, -0.25) is 0 Å². The van der Waals surface area contributed by atoms with Gasteiger partial charge >= 0.3 is 0 Å². The van der Waals surface area contributed by atoms with Crippen molar-refractivity contribution < 1.29 is 13.2 Å². The van der Waals surface area contributed by atoms with Crippen LogP contribution in [0.25, 0.3) is 11.1 Å². The third-order valence-electron chi connectivity index (χ3n) is 5.84. The summed E-state index contributed by atoms with van der Waals surface area (Å²) >= 11 is 0. The maximum Gasteiger partial charge on any atom is 0.242 e. The largest absolute Gasteiger partial charge is 0.383 e. The van der Waals surface area contributed by atoms with Gasteiger partial charge < -0.3 is 9.64 Å². The Morgan fingerprint density at radius 2 is 1.69 bits per heavy atom. The topological polar surface area (TPSA) is 49.9 Å². The van der Waals surface area contributed by atoms with E-state index in [1.54, 1.807) is 26.3 Å². The molecule has 1 aliphatic rings. The first-order chi connectivity index (χ1) is 13.9. The molecule has 0 radical (unpaired) electrons. The fourth-order valence-electron chi connectivity index (χ4n) is 3.80. The molecule has 2 aromatic carbocycles. The van der Waals surface area contributed by atoms with Crippen molar-refractivity contribution in [3.63, 3.8) is 0 Å². The lowest BCUT2D eigenvalue weighted by atomic mass is 10.0. The highest BCUT2D eigenvalue weighted by Crippen LogP contribution is 2.24. The zero-order valence-electron chi connectivity index (χ0n) is 17.7. The van der Waals surface area contributed by atoms with E-state index in [0.29, 0.717) is 24.1 Å². The molecule has 1 aliphatic heterocycles. The standard InChI is InChI=1S/C23H32N2O3S/c1-19-5-4-15-25(19)16-14-20-6-8-21(9-7-20)22-10-12-23(13-11-22)29(26,27)24(2)17-18-28-3/h6-13,19H,4-5,14-18H2,1-3H3/t19-/m1/s1. The summed E-state index contributed by atoms with van der Waals surface area (Å²) in [5, 5.41) is 0. The van der Waals surface area contributed by atoms with Crippen LogP contribution < -0.4 is 0 Å². The van der Waals surface area contributed by atoms with Gasteiger partial charge in [-0.2, -0.15) is 4.31 Å². The van der Waals surface area contributed by atoms with E-state index in [0.717, 1.165) is 24.1 Å². The molecular weight excluding hydrogens is 384 g/mol. The van der Waals surface area contributed by atoms with Gasteiger partial charge in [0.1, 0.15) is 0 Å². The summed E-state index contributed by atoms with van der Waals surface area (Å²) < 4.78 is 31.5. The summed E-state index contributed by atoms with van der Waals surface area (Å²) in [5.41, 5.74) is 3.45. The first-order valence-corrected chi connectivity index (χ1v) is 11.7. The van der Waals surface area contributed by atoms with Crippen LogP contribution in [0.3, 0.4) is 0 Å². The lowest BCUT2D eigenvalue weighted by Gasteiger charge is -2.20. The van der Waals surface area contributed by atoms with Crippen molar-refractivity contribution >= 4 is 10.0 Å². The second-order valence-electron chi connectivity index (χ2n) is 7.82. The second kappa shape index (κ2) is 9.85. The molecule has 0 N–H and O–H groups in total. The van der Waals surface area contributed by atoms with Crippen LogP contribution in [0.1, 0.15) is 25.3 Å². The minimum absolute atomic E-state index is 0.302. The van der Waals surface area contributed by atoms with E-state index in [2.05, 4.69) is 36.1 Å². The highest BCUT2D eigenvalue weighted by Gasteiger charge is 2.21. The van der Waals surface area contributed by atoms with Gasteiger partial charge in [0, 0.05) is 33.3 Å². The molecule has 2 aromatic rings. The Morgan fingerprint density at radius 1 is 1.07 bits per heavy atom. The van der Waals surface area contributed by atoms with Crippen LogP contribution in [-0.4, -0.2) is 64.1 Å². The van der Waals surface area contributed by atoms with Gasteiger partial charge in [0.15, 0.2) is 0 Å². The molecule has 5 nitrogen and oxygen atoms in total. The monoisotopic (exact) mass is 416 g/mol. The molecule has 0 amide bonds. The number of ether oxygens (including phenoxy) is 1. The lowest BCUT2D eigenvalue weighted by molar-refractivity contribution is 0.185. The van der Waals surface area contributed by atoms with Gasteiger partial charge in [-0.25, -0.2) is 8.42 Å². The molecule has 0 bridgehead atoms. The van der Waals surface area contributed by atoms with Gasteiger partial charge in [0.2, 0.25) is 10.0 Å². The van der Waals surface area contributed by atoms with Crippen molar-refractivity contribution in [2.75, 3.05) is 40.4 Å². The molecule has 1 saturated heterocycles. The van der Waals surface area contributed by atoms with Crippen LogP contribution >= 0.6 is 0 Å². The number of sulfonamides is 1. The molecule has 0 spiro atoms. The van der Waals surface area contributed by atoms with E-state index in [1.165, 1.54) is 29.3 Å². The SMILES string of the molecule is COCCN(C)S(=O)(=O)c1ccc(-c2ccc(CCN3CCC[C@H]3C)cc2)cc1. The lowest BCUT2D eigenvalue weighted by Crippen LogP contribution is -2.30. The Bertz CT molecular complexity index is 879. The number of likely N-dealkylation sites (N-methyl/N-ethyl adjacent to an activating group) is 1. The fourth-order valence-corrected chi connectivity index (χ4v) is 4.96. The molecule has 0 saturated carbocycles. The zero-order chi connectivity index (χ0) is 20.9. The van der Waals surface area contributed by atoms with Crippen molar-refractivity contribution in [3.8, 4) is 11.1 Å². The number of hydrogen-bond acceptors (Lipinski definition) is 4. The third-order valence-corrected chi connectivity index (χ3v) is 7.71. The highest BCUT2D eigenvalue weighted by atomic mass is 32.2. The maximum atomic E-state index is 12.6. The third kappa shape index (κ3) is 5.45. The van der Waals surface area contributed by atoms with Gasteiger partial charge in [-0.1, -0.05) is 36.4 Å². The molecule has 3 rings (SSSR count). The first-order valence-electron chi connectivity index (χ1n) is 10.3. The van der Waals surface area contributed by atoms with Crippen LogP contribution in [0, 0.1) is 0 Å². The normalized spacial score (nSPS) is 17.9. The predicted molar refractivity (Wildman–Crippen MR) is 118 cm³/mol. The van der Waals surface area contributed by atoms with Crippen LogP contribution in [-0.2, 0) is 21.2 Å². The number of methoxy groups -OCH3 is 1. The Kier molecular flexibility index (Phi) is 7.46. The van der Waals surface area contributed by atoms with Crippen molar-refractivity contribution in [2.24, 2.45) is 0 Å². The molecule has 0 unspecified atom stereocenters. The van der Waals surface area contributed by atoms with E-state index in [4.69, 9.17) is 4.74 Å². The number of hydrogen-bond donors (Lipinski definition) is 0. The van der Waals surface area contributed by atoms with E-state index < -0.39 is 10.0 Å². The van der Waals surface area contributed by atoms with E-state index in [1.807, 2.05) is 12.1 Å². The van der Waals surface area contributed by atoms with Gasteiger partial charge in [-0.15, -0.1) is 0 Å². The van der Waals surface area contributed by atoms with Crippen LogP contribution in [0.4, 0.5) is 0 Å². The highest BCUT2D eigenvalue weighted by molar-refractivity contribution is 7.89. The molecule has 6 heteroatoms. The van der Waals surface area contributed by atoms with E-state index in [9.17, 15) is 8.42 Å². The molecule has 1 fully saturated rings. The van der Waals surface area contributed by atoms with Crippen molar-refractivity contribution in [3.05, 3.63) is 54.1 Å². The molecule has 29 heavy (non-hydrogen) atoms. The Hall–Kier alpha value is -1.73. The molecule has 0 aliphatic carbocycles. The smallest absolute Gasteiger partial charge is 0.242 e. The summed E-state index contributed by atoms with van der Waals surface area (Å²) in [6.07, 6.45) is 3.69. The average Bonchev–Trinajstić information content (AvgIpc) is 3.15. The molecule has 1 atom stereocenters. The zero-order valence-corrected chi connectivity index (χ0v) is 18.5. The van der Waals surface area contributed by atoms with Gasteiger partial charge in [0.05, 0.1) is 11.5 Å². The number of nitrogens with zero attached hydrogens (tertiary/aromatic N) is 2. The fraction of sp³-hybridized carbons (Fsp3) is 0.478. The van der Waals surface area contributed by atoms with Crippen molar-refractivity contribution in [1.29, 1.82) is 0 Å². The summed E-state index contributed by atoms with van der Waals surface area (Å²) in [7, 11) is -0.352.